The first-order chi connectivity index (χ1) is 13.1. The SMILES string of the molecule is CCN=C(N)Nc1cc(C(C)c2cccc(C(=O)c3ccccc3)c2)no1. The molecule has 3 N–H and O–H groups in total. The molecule has 27 heavy (non-hydrogen) atoms. The molecular formula is C21H22N4O2. The van der Waals surface area contributed by atoms with Gasteiger partial charge in [0.05, 0.1) is 5.69 Å². The maximum absolute atomic E-state index is 12.7. The summed E-state index contributed by atoms with van der Waals surface area (Å²) >= 11 is 0. The molecule has 0 saturated heterocycles. The zero-order chi connectivity index (χ0) is 19.2. The molecule has 1 aromatic heterocycles. The number of anilines is 1. The Kier molecular flexibility index (Phi) is 5.66. The van der Waals surface area contributed by atoms with E-state index in [1.807, 2.05) is 68.4 Å². The Balaban J connectivity index is 1.80. The molecule has 0 aliphatic carbocycles. The third-order valence-electron chi connectivity index (χ3n) is 4.24. The highest BCUT2D eigenvalue weighted by atomic mass is 16.5. The molecule has 1 heterocycles. The molecule has 0 radical (unpaired) electrons. The lowest BCUT2D eigenvalue weighted by Gasteiger charge is -2.10. The normalized spacial score (nSPS) is 12.6. The van der Waals surface area contributed by atoms with Gasteiger partial charge in [-0.1, -0.05) is 60.6 Å². The Labute approximate surface area is 158 Å². The summed E-state index contributed by atoms with van der Waals surface area (Å²) in [6.07, 6.45) is 0. The minimum absolute atomic E-state index is 0.00397. The van der Waals surface area contributed by atoms with Crippen LogP contribution in [0.5, 0.6) is 0 Å². The second-order valence-corrected chi connectivity index (χ2v) is 6.14. The number of carbonyl (C=O) groups excluding carboxylic acids is 1. The van der Waals surface area contributed by atoms with Crippen molar-refractivity contribution in [2.75, 3.05) is 11.9 Å². The van der Waals surface area contributed by atoms with Crippen LogP contribution in [0, 0.1) is 0 Å². The van der Waals surface area contributed by atoms with Crippen molar-refractivity contribution in [1.82, 2.24) is 5.16 Å². The fourth-order valence-corrected chi connectivity index (χ4v) is 2.76. The molecule has 0 bridgehead atoms. The van der Waals surface area contributed by atoms with Crippen LogP contribution in [0.15, 0.2) is 70.2 Å². The molecule has 6 nitrogen and oxygen atoms in total. The number of hydrogen-bond acceptors (Lipinski definition) is 4. The van der Waals surface area contributed by atoms with E-state index in [2.05, 4.69) is 15.5 Å². The summed E-state index contributed by atoms with van der Waals surface area (Å²) in [7, 11) is 0. The van der Waals surface area contributed by atoms with Crippen LogP contribution >= 0.6 is 0 Å². The number of nitrogens with zero attached hydrogens (tertiary/aromatic N) is 2. The highest BCUT2D eigenvalue weighted by Crippen LogP contribution is 2.26. The van der Waals surface area contributed by atoms with Gasteiger partial charge >= 0.3 is 0 Å². The highest BCUT2D eigenvalue weighted by Gasteiger charge is 2.16. The fourth-order valence-electron chi connectivity index (χ4n) is 2.76. The van der Waals surface area contributed by atoms with Crippen molar-refractivity contribution in [2.24, 2.45) is 10.7 Å². The fraction of sp³-hybridized carbons (Fsp3) is 0.190. The van der Waals surface area contributed by atoms with Crippen molar-refractivity contribution in [1.29, 1.82) is 0 Å². The number of nitrogens with one attached hydrogen (secondary N) is 1. The van der Waals surface area contributed by atoms with E-state index in [1.165, 1.54) is 0 Å². The molecule has 0 amide bonds. The highest BCUT2D eigenvalue weighted by molar-refractivity contribution is 6.09. The van der Waals surface area contributed by atoms with Crippen molar-refractivity contribution in [3.63, 3.8) is 0 Å². The Hall–Kier alpha value is -3.41. The third-order valence-corrected chi connectivity index (χ3v) is 4.24. The first-order valence-electron chi connectivity index (χ1n) is 8.81. The minimum Gasteiger partial charge on any atom is -0.370 e. The average molecular weight is 362 g/mol. The summed E-state index contributed by atoms with van der Waals surface area (Å²) in [4.78, 5) is 16.7. The van der Waals surface area contributed by atoms with Gasteiger partial charge in [0.1, 0.15) is 0 Å². The Morgan fingerprint density at radius 1 is 1.15 bits per heavy atom. The smallest absolute Gasteiger partial charge is 0.231 e. The number of guanidine groups is 1. The monoisotopic (exact) mass is 362 g/mol. The van der Waals surface area contributed by atoms with E-state index in [-0.39, 0.29) is 17.7 Å². The van der Waals surface area contributed by atoms with Gasteiger partial charge in [-0.25, -0.2) is 0 Å². The Morgan fingerprint density at radius 2 is 1.89 bits per heavy atom. The average Bonchev–Trinajstić information content (AvgIpc) is 3.16. The predicted octanol–water partition coefficient (Wildman–Crippen LogP) is 3.80. The molecule has 0 spiro atoms. The van der Waals surface area contributed by atoms with E-state index in [4.69, 9.17) is 10.3 Å². The molecule has 0 fully saturated rings. The third kappa shape index (κ3) is 4.41. The second kappa shape index (κ2) is 8.31. The number of hydrogen-bond donors (Lipinski definition) is 2. The molecule has 3 rings (SSSR count). The topological polar surface area (TPSA) is 93.5 Å². The maximum Gasteiger partial charge on any atom is 0.231 e. The number of rotatable bonds is 6. The van der Waals surface area contributed by atoms with Crippen molar-refractivity contribution in [3.05, 3.63) is 83.0 Å². The zero-order valence-electron chi connectivity index (χ0n) is 15.3. The second-order valence-electron chi connectivity index (χ2n) is 6.14. The van der Waals surface area contributed by atoms with Gasteiger partial charge in [0.15, 0.2) is 11.7 Å². The van der Waals surface area contributed by atoms with Gasteiger partial charge in [-0.2, -0.15) is 0 Å². The molecular weight excluding hydrogens is 340 g/mol. The summed E-state index contributed by atoms with van der Waals surface area (Å²) in [6, 6.07) is 18.6. The lowest BCUT2D eigenvalue weighted by atomic mass is 9.94. The molecule has 1 unspecified atom stereocenters. The number of nitrogens with two attached hydrogens (primary N) is 1. The quantitative estimate of drug-likeness (QED) is 0.395. The Bertz CT molecular complexity index is 948. The van der Waals surface area contributed by atoms with Crippen molar-refractivity contribution >= 4 is 17.6 Å². The number of carbonyl (C=O) groups is 1. The number of benzene rings is 2. The lowest BCUT2D eigenvalue weighted by Crippen LogP contribution is -2.22. The van der Waals surface area contributed by atoms with Gasteiger partial charge in [0, 0.05) is 29.7 Å². The maximum atomic E-state index is 12.7. The first-order valence-corrected chi connectivity index (χ1v) is 8.81. The molecule has 0 aliphatic rings. The van der Waals surface area contributed by atoms with Crippen LogP contribution < -0.4 is 11.1 Å². The molecule has 3 aromatic rings. The van der Waals surface area contributed by atoms with Gasteiger partial charge in [-0.15, -0.1) is 0 Å². The van der Waals surface area contributed by atoms with E-state index in [0.29, 0.717) is 23.6 Å². The van der Waals surface area contributed by atoms with Crippen LogP contribution in [0.25, 0.3) is 0 Å². The molecule has 6 heteroatoms. The molecule has 0 aliphatic heterocycles. The van der Waals surface area contributed by atoms with Crippen LogP contribution in [0.2, 0.25) is 0 Å². The molecule has 1 atom stereocenters. The van der Waals surface area contributed by atoms with E-state index < -0.39 is 0 Å². The number of aliphatic imine (C=N–C) groups is 1. The van der Waals surface area contributed by atoms with Crippen LogP contribution in [0.4, 0.5) is 5.88 Å². The van der Waals surface area contributed by atoms with E-state index in [1.54, 1.807) is 6.07 Å². The van der Waals surface area contributed by atoms with Gasteiger partial charge in [-0.3, -0.25) is 15.1 Å². The van der Waals surface area contributed by atoms with Crippen LogP contribution in [-0.2, 0) is 0 Å². The van der Waals surface area contributed by atoms with E-state index in [0.717, 1.165) is 11.3 Å². The lowest BCUT2D eigenvalue weighted by molar-refractivity contribution is 0.103. The summed E-state index contributed by atoms with van der Waals surface area (Å²) in [5.41, 5.74) is 8.77. The van der Waals surface area contributed by atoms with Crippen molar-refractivity contribution < 1.29 is 9.32 Å². The van der Waals surface area contributed by atoms with Crippen LogP contribution in [0.1, 0.15) is 46.9 Å². The zero-order valence-corrected chi connectivity index (χ0v) is 15.3. The van der Waals surface area contributed by atoms with Crippen molar-refractivity contribution in [2.45, 2.75) is 19.8 Å². The predicted molar refractivity (Wildman–Crippen MR) is 106 cm³/mol. The number of ketones is 1. The summed E-state index contributed by atoms with van der Waals surface area (Å²) in [5.74, 6) is 0.666. The summed E-state index contributed by atoms with van der Waals surface area (Å²) < 4.78 is 5.28. The largest absolute Gasteiger partial charge is 0.370 e. The summed E-state index contributed by atoms with van der Waals surface area (Å²) in [5, 5.41) is 6.97. The first kappa shape index (κ1) is 18.4. The van der Waals surface area contributed by atoms with Crippen LogP contribution in [0.3, 0.4) is 0 Å². The minimum atomic E-state index is -0.0443. The molecule has 0 saturated carbocycles. The van der Waals surface area contributed by atoms with Gasteiger partial charge in [0.2, 0.25) is 5.88 Å². The van der Waals surface area contributed by atoms with Gasteiger partial charge in [-0.05, 0) is 18.6 Å². The van der Waals surface area contributed by atoms with E-state index >= 15 is 0 Å². The number of aromatic nitrogens is 1. The van der Waals surface area contributed by atoms with Gasteiger partial charge in [0.25, 0.3) is 0 Å². The standard InChI is InChI=1S/C21H22N4O2/c1-3-23-21(22)24-19-13-18(25-27-19)14(2)16-10-7-11-17(12-16)20(26)15-8-5-4-6-9-15/h4-14H,3H2,1-2H3,(H3,22,23,24). The molecule has 138 valence electrons. The molecule has 2 aromatic carbocycles. The van der Waals surface area contributed by atoms with Crippen LogP contribution in [-0.4, -0.2) is 23.4 Å². The van der Waals surface area contributed by atoms with E-state index in [9.17, 15) is 4.79 Å². The Morgan fingerprint density at radius 3 is 2.63 bits per heavy atom. The summed E-state index contributed by atoms with van der Waals surface area (Å²) in [6.45, 7) is 4.49. The van der Waals surface area contributed by atoms with Crippen molar-refractivity contribution in [3.8, 4) is 0 Å². The van der Waals surface area contributed by atoms with Gasteiger partial charge < -0.3 is 10.3 Å².